The second-order valence-corrected chi connectivity index (χ2v) is 8.46. The minimum absolute atomic E-state index is 0.365. The van der Waals surface area contributed by atoms with Crippen molar-refractivity contribution in [2.24, 2.45) is 0 Å². The molecule has 3 nitrogen and oxygen atoms in total. The minimum atomic E-state index is 0.365. The van der Waals surface area contributed by atoms with Crippen LogP contribution in [0.2, 0.25) is 10.0 Å². The first-order chi connectivity index (χ1) is 14.6. The van der Waals surface area contributed by atoms with Crippen LogP contribution in [0.4, 0.5) is 0 Å². The molecule has 0 aliphatic rings. The van der Waals surface area contributed by atoms with Gasteiger partial charge in [0.1, 0.15) is 6.61 Å². The Morgan fingerprint density at radius 2 is 1.67 bits per heavy atom. The lowest BCUT2D eigenvalue weighted by Gasteiger charge is -2.16. The number of hydrogen-bond donors (Lipinski definition) is 1. The number of halogens is 3. The summed E-state index contributed by atoms with van der Waals surface area (Å²) in [4.78, 5) is 0. The molecule has 158 valence electrons. The number of nitrogens with one attached hydrogen (secondary N) is 1. The molecule has 0 fully saturated rings. The Bertz CT molecular complexity index is 967. The van der Waals surface area contributed by atoms with Crippen molar-refractivity contribution in [1.82, 2.24) is 5.32 Å². The Morgan fingerprint density at radius 3 is 2.40 bits per heavy atom. The van der Waals surface area contributed by atoms with Gasteiger partial charge in [-0.3, -0.25) is 0 Å². The molecule has 0 saturated carbocycles. The van der Waals surface area contributed by atoms with Gasteiger partial charge in [-0.25, -0.2) is 0 Å². The van der Waals surface area contributed by atoms with E-state index in [0.717, 1.165) is 35.1 Å². The van der Waals surface area contributed by atoms with Crippen LogP contribution in [0, 0.1) is 0 Å². The molecule has 0 aromatic heterocycles. The van der Waals surface area contributed by atoms with E-state index >= 15 is 0 Å². The number of benzene rings is 3. The van der Waals surface area contributed by atoms with E-state index in [-0.39, 0.29) is 0 Å². The predicted octanol–water partition coefficient (Wildman–Crippen LogP) is 7.07. The van der Waals surface area contributed by atoms with Crippen LogP contribution in [-0.4, -0.2) is 13.2 Å². The molecule has 0 saturated heterocycles. The Labute approximate surface area is 196 Å². The second kappa shape index (κ2) is 11.6. The highest BCUT2D eigenvalue weighted by Crippen LogP contribution is 2.37. The standard InChI is InChI=1S/C24H24BrCl2NO2/c1-2-29-23-14-19(15-28-11-10-17-6-4-3-5-7-17)12-20(25)24(23)30-16-18-8-9-21(26)22(27)13-18/h3-9,12-14,28H,2,10-11,15-16H2,1H3. The molecule has 30 heavy (non-hydrogen) atoms. The number of rotatable bonds is 10. The summed E-state index contributed by atoms with van der Waals surface area (Å²) < 4.78 is 12.7. The lowest BCUT2D eigenvalue weighted by Crippen LogP contribution is -2.16. The van der Waals surface area contributed by atoms with E-state index in [1.165, 1.54) is 5.56 Å². The van der Waals surface area contributed by atoms with Crippen LogP contribution in [0.1, 0.15) is 23.6 Å². The minimum Gasteiger partial charge on any atom is -0.490 e. The van der Waals surface area contributed by atoms with Crippen LogP contribution in [0.25, 0.3) is 0 Å². The maximum absolute atomic E-state index is 6.10. The normalized spacial score (nSPS) is 10.8. The maximum Gasteiger partial charge on any atom is 0.175 e. The molecule has 0 heterocycles. The lowest BCUT2D eigenvalue weighted by molar-refractivity contribution is 0.267. The maximum atomic E-state index is 6.10. The van der Waals surface area contributed by atoms with Crippen LogP contribution in [-0.2, 0) is 19.6 Å². The van der Waals surface area contributed by atoms with Crippen LogP contribution in [0.15, 0.2) is 65.1 Å². The molecular weight excluding hydrogens is 485 g/mol. The molecule has 0 radical (unpaired) electrons. The van der Waals surface area contributed by atoms with E-state index in [4.69, 9.17) is 32.7 Å². The zero-order valence-corrected chi connectivity index (χ0v) is 19.9. The lowest BCUT2D eigenvalue weighted by atomic mass is 10.1. The van der Waals surface area contributed by atoms with Gasteiger partial charge in [-0.2, -0.15) is 0 Å². The van der Waals surface area contributed by atoms with Crippen LogP contribution < -0.4 is 14.8 Å². The Balaban J connectivity index is 1.63. The first kappa shape index (κ1) is 23.0. The smallest absolute Gasteiger partial charge is 0.175 e. The van der Waals surface area contributed by atoms with Crippen LogP contribution in [0.3, 0.4) is 0 Å². The summed E-state index contributed by atoms with van der Waals surface area (Å²) in [5.74, 6) is 1.39. The summed E-state index contributed by atoms with van der Waals surface area (Å²) in [6.07, 6.45) is 0.991. The van der Waals surface area contributed by atoms with Crippen molar-refractivity contribution in [1.29, 1.82) is 0 Å². The summed E-state index contributed by atoms with van der Waals surface area (Å²) in [7, 11) is 0. The van der Waals surface area contributed by atoms with E-state index in [9.17, 15) is 0 Å². The number of ether oxygens (including phenoxy) is 2. The molecular formula is C24H24BrCl2NO2. The topological polar surface area (TPSA) is 30.5 Å². The van der Waals surface area contributed by atoms with E-state index in [1.54, 1.807) is 6.07 Å². The van der Waals surface area contributed by atoms with Crippen LogP contribution in [0.5, 0.6) is 11.5 Å². The average Bonchev–Trinajstić information content (AvgIpc) is 2.74. The fourth-order valence-electron chi connectivity index (χ4n) is 3.02. The SMILES string of the molecule is CCOc1cc(CNCCc2ccccc2)cc(Br)c1OCc1ccc(Cl)c(Cl)c1. The summed E-state index contributed by atoms with van der Waals surface area (Å²) in [6.45, 7) is 4.53. The van der Waals surface area contributed by atoms with Crippen LogP contribution >= 0.6 is 39.1 Å². The molecule has 0 atom stereocenters. The number of hydrogen-bond acceptors (Lipinski definition) is 3. The Hall–Kier alpha value is -1.72. The van der Waals surface area contributed by atoms with Crippen molar-refractivity contribution in [2.45, 2.75) is 26.5 Å². The monoisotopic (exact) mass is 507 g/mol. The third-order valence-electron chi connectivity index (χ3n) is 4.50. The van der Waals surface area contributed by atoms with E-state index in [0.29, 0.717) is 34.8 Å². The van der Waals surface area contributed by atoms with Gasteiger partial charge >= 0.3 is 0 Å². The fourth-order valence-corrected chi connectivity index (χ4v) is 3.95. The van der Waals surface area contributed by atoms with Crippen molar-refractivity contribution >= 4 is 39.1 Å². The molecule has 0 unspecified atom stereocenters. The Morgan fingerprint density at radius 1 is 0.867 bits per heavy atom. The van der Waals surface area contributed by atoms with E-state index in [2.05, 4.69) is 51.6 Å². The van der Waals surface area contributed by atoms with Crippen molar-refractivity contribution in [3.8, 4) is 11.5 Å². The first-order valence-corrected chi connectivity index (χ1v) is 11.4. The highest BCUT2D eigenvalue weighted by molar-refractivity contribution is 9.10. The van der Waals surface area contributed by atoms with Gasteiger partial charge < -0.3 is 14.8 Å². The largest absolute Gasteiger partial charge is 0.490 e. The van der Waals surface area contributed by atoms with Crippen molar-refractivity contribution in [2.75, 3.05) is 13.2 Å². The third-order valence-corrected chi connectivity index (χ3v) is 5.83. The average molecular weight is 509 g/mol. The van der Waals surface area contributed by atoms with E-state index in [1.807, 2.05) is 31.2 Å². The summed E-state index contributed by atoms with van der Waals surface area (Å²) in [5, 5.41) is 4.53. The van der Waals surface area contributed by atoms with Gasteiger partial charge in [0.2, 0.25) is 0 Å². The third kappa shape index (κ3) is 6.64. The molecule has 1 N–H and O–H groups in total. The highest BCUT2D eigenvalue weighted by Gasteiger charge is 2.13. The van der Waals surface area contributed by atoms with Gasteiger partial charge in [0.05, 0.1) is 21.1 Å². The molecule has 0 spiro atoms. The zero-order valence-electron chi connectivity index (χ0n) is 16.8. The molecule has 0 amide bonds. The Kier molecular flexibility index (Phi) is 8.88. The first-order valence-electron chi connectivity index (χ1n) is 9.83. The van der Waals surface area contributed by atoms with Gasteiger partial charge in [-0.05, 0) is 76.8 Å². The molecule has 3 aromatic carbocycles. The van der Waals surface area contributed by atoms with E-state index < -0.39 is 0 Å². The second-order valence-electron chi connectivity index (χ2n) is 6.79. The zero-order chi connectivity index (χ0) is 21.3. The predicted molar refractivity (Wildman–Crippen MR) is 128 cm³/mol. The summed E-state index contributed by atoms with van der Waals surface area (Å²) in [6, 6.07) is 20.0. The van der Waals surface area contributed by atoms with Gasteiger partial charge in [0.25, 0.3) is 0 Å². The molecule has 0 aliphatic carbocycles. The fraction of sp³-hybridized carbons (Fsp3) is 0.250. The molecule has 0 bridgehead atoms. The molecule has 0 aliphatic heterocycles. The summed E-state index contributed by atoms with van der Waals surface area (Å²) in [5.41, 5.74) is 3.39. The summed E-state index contributed by atoms with van der Waals surface area (Å²) >= 11 is 15.7. The molecule has 3 aromatic rings. The molecule has 6 heteroatoms. The van der Waals surface area contributed by atoms with Crippen molar-refractivity contribution in [3.63, 3.8) is 0 Å². The van der Waals surface area contributed by atoms with Gasteiger partial charge in [0.15, 0.2) is 11.5 Å². The van der Waals surface area contributed by atoms with Gasteiger partial charge in [0, 0.05) is 6.54 Å². The highest BCUT2D eigenvalue weighted by atomic mass is 79.9. The quantitative estimate of drug-likeness (QED) is 0.297. The van der Waals surface area contributed by atoms with Crippen molar-refractivity contribution in [3.05, 3.63) is 91.9 Å². The van der Waals surface area contributed by atoms with Crippen molar-refractivity contribution < 1.29 is 9.47 Å². The molecule has 3 rings (SSSR count). The van der Waals surface area contributed by atoms with Gasteiger partial charge in [-0.1, -0.05) is 59.6 Å². The van der Waals surface area contributed by atoms with Gasteiger partial charge in [-0.15, -0.1) is 0 Å².